The summed E-state index contributed by atoms with van der Waals surface area (Å²) in [6.07, 6.45) is 10.2. The van der Waals surface area contributed by atoms with Crippen molar-refractivity contribution in [1.29, 1.82) is 0 Å². The highest BCUT2D eigenvalue weighted by Crippen LogP contribution is 2.33. The molecule has 290 valence electrons. The molecule has 0 radical (unpaired) electrons. The van der Waals surface area contributed by atoms with E-state index in [2.05, 4.69) is 36.8 Å². The van der Waals surface area contributed by atoms with Crippen molar-refractivity contribution in [3.8, 4) is 0 Å². The van der Waals surface area contributed by atoms with Crippen LogP contribution in [0.1, 0.15) is 54.4 Å². The lowest BCUT2D eigenvalue weighted by atomic mass is 10.0. The summed E-state index contributed by atoms with van der Waals surface area (Å²) in [6.45, 7) is 3.94. The molecule has 0 saturated carbocycles. The third-order valence-electron chi connectivity index (χ3n) is 8.74. The Balaban J connectivity index is 0.784. The average molecular weight is 765 g/mol. The molecule has 2 saturated heterocycles. The maximum absolute atomic E-state index is 12.5. The van der Waals surface area contributed by atoms with Gasteiger partial charge in [-0.25, -0.2) is 14.7 Å². The number of hydrogen-bond donors (Lipinski definition) is 5. The van der Waals surface area contributed by atoms with E-state index in [1.54, 1.807) is 42.6 Å². The minimum Gasteiger partial charge on any atom is -0.379 e. The molecule has 54 heavy (non-hydrogen) atoms. The van der Waals surface area contributed by atoms with Gasteiger partial charge in [0.25, 0.3) is 17.7 Å². The number of carbonyl (C=O) groups excluding carboxylic acids is 5. The Hall–Kier alpha value is -4.84. The topological polar surface area (TPSA) is 202 Å². The van der Waals surface area contributed by atoms with Gasteiger partial charge in [0.05, 0.1) is 56.6 Å². The first-order chi connectivity index (χ1) is 26.4. The van der Waals surface area contributed by atoms with Crippen LogP contribution < -0.4 is 31.6 Å². The summed E-state index contributed by atoms with van der Waals surface area (Å²) in [5, 5.41) is 16.4. The van der Waals surface area contributed by atoms with Crippen molar-refractivity contribution in [2.75, 3.05) is 68.8 Å². The first kappa shape index (κ1) is 40.3. The number of hydrazone groups is 1. The van der Waals surface area contributed by atoms with E-state index in [1.807, 2.05) is 11.8 Å². The van der Waals surface area contributed by atoms with Gasteiger partial charge in [0, 0.05) is 61.4 Å². The van der Waals surface area contributed by atoms with Crippen LogP contribution in [-0.2, 0) is 28.6 Å². The molecule has 4 heterocycles. The Morgan fingerprint density at radius 2 is 1.54 bits per heavy atom. The third kappa shape index (κ3) is 12.9. The summed E-state index contributed by atoms with van der Waals surface area (Å²) in [4.78, 5) is 64.8. The number of nitrogens with zero attached hydrogens (tertiary/aromatic N) is 3. The number of anilines is 2. The van der Waals surface area contributed by atoms with Crippen molar-refractivity contribution in [3.63, 3.8) is 0 Å². The smallest absolute Gasteiger partial charge is 0.315 e. The van der Waals surface area contributed by atoms with Crippen LogP contribution >= 0.6 is 11.8 Å². The largest absolute Gasteiger partial charge is 0.379 e. The van der Waals surface area contributed by atoms with Crippen molar-refractivity contribution in [1.82, 2.24) is 26.3 Å². The molecule has 0 bridgehead atoms. The predicted octanol–water partition coefficient (Wildman–Crippen LogP) is 2.36. The van der Waals surface area contributed by atoms with E-state index >= 15 is 0 Å². The Bertz CT molecular complexity index is 1610. The number of imide groups is 1. The summed E-state index contributed by atoms with van der Waals surface area (Å²) in [6, 6.07) is 10.6. The van der Waals surface area contributed by atoms with E-state index in [1.165, 1.54) is 18.3 Å². The SMILES string of the molecule is O=C(CCCC[C@@H]1SC[C@@H]2NC(=O)N[C@@H]21)NCCCOCCOCCOCCCNC(=O)c1ccc(/C=N/Nc2ccc(N3C(=O)C=CC3=O)cn2)cc1. The van der Waals surface area contributed by atoms with Crippen molar-refractivity contribution < 1.29 is 38.2 Å². The highest BCUT2D eigenvalue weighted by molar-refractivity contribution is 8.00. The third-order valence-corrected chi connectivity index (χ3v) is 10.3. The van der Waals surface area contributed by atoms with Gasteiger partial charge in [-0.15, -0.1) is 0 Å². The lowest BCUT2D eigenvalue weighted by Gasteiger charge is -2.16. The van der Waals surface area contributed by atoms with Crippen molar-refractivity contribution in [2.45, 2.75) is 55.9 Å². The first-order valence-electron chi connectivity index (χ1n) is 18.3. The second-order valence-electron chi connectivity index (χ2n) is 12.8. The Morgan fingerprint density at radius 3 is 2.22 bits per heavy atom. The van der Waals surface area contributed by atoms with Crippen LogP contribution in [0, 0.1) is 0 Å². The number of nitrogens with one attached hydrogen (secondary N) is 5. The molecule has 5 N–H and O–H groups in total. The van der Waals surface area contributed by atoms with E-state index in [4.69, 9.17) is 14.2 Å². The number of amides is 6. The van der Waals surface area contributed by atoms with Gasteiger partial charge in [-0.1, -0.05) is 18.6 Å². The van der Waals surface area contributed by atoms with Crippen LogP contribution in [0.15, 0.2) is 59.8 Å². The van der Waals surface area contributed by atoms with Crippen LogP contribution in [-0.4, -0.2) is 117 Å². The molecule has 0 spiro atoms. The normalized spacial score (nSPS) is 18.9. The summed E-state index contributed by atoms with van der Waals surface area (Å²) in [7, 11) is 0. The lowest BCUT2D eigenvalue weighted by molar-refractivity contribution is -0.121. The molecule has 3 aliphatic heterocycles. The Morgan fingerprint density at radius 1 is 0.852 bits per heavy atom. The number of urea groups is 1. The summed E-state index contributed by atoms with van der Waals surface area (Å²) in [5.41, 5.74) is 4.46. The molecule has 1 aromatic heterocycles. The van der Waals surface area contributed by atoms with Crippen LogP contribution in [0.4, 0.5) is 16.3 Å². The number of fused-ring (bicyclic) bond motifs is 1. The first-order valence-corrected chi connectivity index (χ1v) is 19.3. The van der Waals surface area contributed by atoms with Crippen molar-refractivity contribution >= 4 is 59.1 Å². The van der Waals surface area contributed by atoms with Gasteiger partial charge >= 0.3 is 6.03 Å². The molecular weight excluding hydrogens is 717 g/mol. The zero-order valence-corrected chi connectivity index (χ0v) is 30.9. The molecule has 0 unspecified atom stereocenters. The van der Waals surface area contributed by atoms with E-state index < -0.39 is 11.8 Å². The van der Waals surface area contributed by atoms with E-state index in [-0.39, 0.29) is 29.9 Å². The minimum atomic E-state index is -0.409. The number of benzene rings is 1. The molecule has 1 aromatic carbocycles. The summed E-state index contributed by atoms with van der Waals surface area (Å²) < 4.78 is 16.7. The molecule has 2 aromatic rings. The fraction of sp³-hybridized carbons (Fsp3) is 0.486. The fourth-order valence-corrected chi connectivity index (χ4v) is 7.46. The maximum atomic E-state index is 12.5. The molecule has 0 aliphatic carbocycles. The summed E-state index contributed by atoms with van der Waals surface area (Å²) in [5.74, 6) is 0.451. The highest BCUT2D eigenvalue weighted by Gasteiger charge is 2.42. The molecule has 2 fully saturated rings. The van der Waals surface area contributed by atoms with E-state index in [9.17, 15) is 24.0 Å². The van der Waals surface area contributed by atoms with E-state index in [0.29, 0.717) is 87.9 Å². The van der Waals surface area contributed by atoms with Gasteiger partial charge in [-0.05, 0) is 55.5 Å². The predicted molar refractivity (Wildman–Crippen MR) is 205 cm³/mol. The lowest BCUT2D eigenvalue weighted by Crippen LogP contribution is -2.36. The molecule has 3 atom stereocenters. The van der Waals surface area contributed by atoms with Gasteiger partial charge in [0.15, 0.2) is 0 Å². The number of rotatable bonds is 24. The van der Waals surface area contributed by atoms with Crippen molar-refractivity contribution in [3.05, 3.63) is 65.9 Å². The van der Waals surface area contributed by atoms with E-state index in [0.717, 1.165) is 41.9 Å². The zero-order chi connectivity index (χ0) is 38.0. The number of hydrogen-bond acceptors (Lipinski definition) is 12. The minimum absolute atomic E-state index is 0.0636. The quantitative estimate of drug-likeness (QED) is 0.0346. The molecule has 3 aliphatic rings. The fourth-order valence-electron chi connectivity index (χ4n) is 5.92. The van der Waals surface area contributed by atoms with Crippen LogP contribution in [0.5, 0.6) is 0 Å². The monoisotopic (exact) mass is 764 g/mol. The number of carbonyl (C=O) groups is 5. The molecule has 17 heteroatoms. The number of thioether (sulfide) groups is 1. The van der Waals surface area contributed by atoms with Gasteiger partial charge in [-0.3, -0.25) is 24.6 Å². The van der Waals surface area contributed by atoms with Gasteiger partial charge in [0.1, 0.15) is 5.82 Å². The second-order valence-corrected chi connectivity index (χ2v) is 14.0. The standard InChI is InChI=1S/C37H48N8O8S/c46-32(6-2-1-5-30-35-29(25-54-30)42-37(50)43-35)38-15-3-17-51-19-21-53-22-20-52-18-4-16-39-36(49)27-9-7-26(8-10-27)23-41-44-31-12-11-28(24-40-31)45-33(47)13-14-34(45)48/h7-14,23-24,29-30,35H,1-6,15-22,25H2,(H,38,46)(H,39,49)(H,40,44)(H2,42,43,50)/b41-23+/t29-,30-,35-/m0/s1. The van der Waals surface area contributed by atoms with Gasteiger partial charge < -0.3 is 35.5 Å². The zero-order valence-electron chi connectivity index (χ0n) is 30.1. The number of aromatic nitrogens is 1. The molecule has 6 amide bonds. The number of ether oxygens (including phenoxy) is 3. The molecule has 5 rings (SSSR count). The highest BCUT2D eigenvalue weighted by atomic mass is 32.2. The molecule has 16 nitrogen and oxygen atoms in total. The number of pyridine rings is 1. The van der Waals surface area contributed by atoms with Crippen molar-refractivity contribution in [2.24, 2.45) is 5.10 Å². The van der Waals surface area contributed by atoms with Crippen LogP contribution in [0.2, 0.25) is 0 Å². The van der Waals surface area contributed by atoms with Gasteiger partial charge in [-0.2, -0.15) is 16.9 Å². The summed E-state index contributed by atoms with van der Waals surface area (Å²) >= 11 is 1.90. The van der Waals surface area contributed by atoms with Crippen LogP contribution in [0.25, 0.3) is 0 Å². The maximum Gasteiger partial charge on any atom is 0.315 e. The Kier molecular flexibility index (Phi) is 16.3. The average Bonchev–Trinajstić information content (AvgIpc) is 3.84. The van der Waals surface area contributed by atoms with Crippen LogP contribution in [0.3, 0.4) is 0 Å². The molecular formula is C37H48N8O8S. The number of unbranched alkanes of at least 4 members (excludes halogenated alkanes) is 1. The second kappa shape index (κ2) is 21.8. The van der Waals surface area contributed by atoms with Gasteiger partial charge in [0.2, 0.25) is 5.91 Å². The Labute approximate surface area is 318 Å².